The van der Waals surface area contributed by atoms with Gasteiger partial charge in [0.2, 0.25) is 11.8 Å². The largest absolute Gasteiger partial charge is 0.495 e. The van der Waals surface area contributed by atoms with Gasteiger partial charge in [0.1, 0.15) is 18.1 Å². The maximum absolute atomic E-state index is 13.3. The predicted octanol–water partition coefficient (Wildman–Crippen LogP) is 4.88. The number of hydrogen-bond acceptors (Lipinski definition) is 4. The van der Waals surface area contributed by atoms with Gasteiger partial charge < -0.3 is 19.1 Å². The number of anilines is 2. The average Bonchev–Trinajstić information content (AvgIpc) is 3.44. The molecule has 0 radical (unpaired) electrons. The molecule has 5 rings (SSSR count). The van der Waals surface area contributed by atoms with Crippen LogP contribution in [0.5, 0.6) is 5.75 Å². The molecule has 0 N–H and O–H groups in total. The van der Waals surface area contributed by atoms with Crippen molar-refractivity contribution >= 4 is 45.8 Å². The SMILES string of the molecule is COc1ccc(Cl)cc1N1C[C@H](c2nc3ccccc3n2CC(=O)N(C)c2ccccc2)CC1=O. The predicted molar refractivity (Wildman–Crippen MR) is 137 cm³/mol. The Bertz CT molecular complexity index is 1400. The molecule has 1 aliphatic heterocycles. The first-order valence-corrected chi connectivity index (χ1v) is 11.7. The summed E-state index contributed by atoms with van der Waals surface area (Å²) in [6.07, 6.45) is 0.279. The van der Waals surface area contributed by atoms with Gasteiger partial charge in [0.25, 0.3) is 0 Å². The van der Waals surface area contributed by atoms with E-state index >= 15 is 0 Å². The highest BCUT2D eigenvalue weighted by Gasteiger charge is 2.36. The summed E-state index contributed by atoms with van der Waals surface area (Å²) in [6, 6.07) is 22.5. The highest BCUT2D eigenvalue weighted by molar-refractivity contribution is 6.31. The number of ether oxygens (including phenoxy) is 1. The third-order valence-corrected chi connectivity index (χ3v) is 6.65. The standard InChI is InChI=1S/C27H25ClN4O3/c1-30(20-8-4-3-5-9-20)26(34)17-32-22-11-7-6-10-21(22)29-27(32)18-14-25(33)31(16-18)23-15-19(28)12-13-24(23)35-2/h3-13,15,18H,14,16-17H2,1-2H3/t18-/m1/s1. The van der Waals surface area contributed by atoms with Crippen LogP contribution in [0.4, 0.5) is 11.4 Å². The molecule has 0 saturated carbocycles. The zero-order valence-corrected chi connectivity index (χ0v) is 20.3. The maximum atomic E-state index is 13.3. The molecule has 0 spiro atoms. The van der Waals surface area contributed by atoms with E-state index in [1.165, 1.54) is 0 Å². The maximum Gasteiger partial charge on any atom is 0.246 e. The Labute approximate surface area is 208 Å². The van der Waals surface area contributed by atoms with Crippen LogP contribution >= 0.6 is 11.6 Å². The summed E-state index contributed by atoms with van der Waals surface area (Å²) in [5.41, 5.74) is 3.11. The Balaban J connectivity index is 1.49. The third kappa shape index (κ3) is 4.35. The Morgan fingerprint density at radius 3 is 2.63 bits per heavy atom. The summed E-state index contributed by atoms with van der Waals surface area (Å²) in [5.74, 6) is 1.00. The lowest BCUT2D eigenvalue weighted by Gasteiger charge is -2.21. The minimum atomic E-state index is -0.187. The molecule has 3 aromatic carbocycles. The van der Waals surface area contributed by atoms with Gasteiger partial charge in [0.05, 0.1) is 23.8 Å². The van der Waals surface area contributed by atoms with Crippen LogP contribution in [0.1, 0.15) is 18.2 Å². The number of benzene rings is 3. The van der Waals surface area contributed by atoms with Gasteiger partial charge in [-0.15, -0.1) is 0 Å². The highest BCUT2D eigenvalue weighted by atomic mass is 35.5. The molecule has 0 unspecified atom stereocenters. The van der Waals surface area contributed by atoms with Crippen LogP contribution < -0.4 is 14.5 Å². The number of fused-ring (bicyclic) bond motifs is 1. The number of likely N-dealkylation sites (N-methyl/N-ethyl adjacent to an activating group) is 1. The Morgan fingerprint density at radius 2 is 1.86 bits per heavy atom. The van der Waals surface area contributed by atoms with E-state index in [-0.39, 0.29) is 30.7 Å². The number of aromatic nitrogens is 2. The smallest absolute Gasteiger partial charge is 0.246 e. The minimum absolute atomic E-state index is 0.0399. The lowest BCUT2D eigenvalue weighted by atomic mass is 10.1. The Kier molecular flexibility index (Phi) is 6.17. The molecule has 1 aliphatic rings. The number of carbonyl (C=O) groups excluding carboxylic acids is 2. The van der Waals surface area contributed by atoms with E-state index in [2.05, 4.69) is 0 Å². The van der Waals surface area contributed by atoms with Crippen LogP contribution in [0.2, 0.25) is 5.02 Å². The molecule has 8 heteroatoms. The van der Waals surface area contributed by atoms with Gasteiger partial charge in [-0.1, -0.05) is 41.9 Å². The first-order valence-electron chi connectivity index (χ1n) is 11.4. The van der Waals surface area contributed by atoms with Crippen molar-refractivity contribution in [3.05, 3.63) is 83.6 Å². The fourth-order valence-corrected chi connectivity index (χ4v) is 4.76. The van der Waals surface area contributed by atoms with E-state index in [1.807, 2.05) is 59.2 Å². The molecule has 35 heavy (non-hydrogen) atoms. The molecule has 1 fully saturated rings. The van der Waals surface area contributed by atoms with E-state index in [4.69, 9.17) is 21.3 Å². The highest BCUT2D eigenvalue weighted by Crippen LogP contribution is 2.38. The normalized spacial score (nSPS) is 15.6. The van der Waals surface area contributed by atoms with Crippen molar-refractivity contribution in [2.45, 2.75) is 18.9 Å². The molecule has 1 aromatic heterocycles. The van der Waals surface area contributed by atoms with Gasteiger partial charge in [0.15, 0.2) is 0 Å². The van der Waals surface area contributed by atoms with Crippen LogP contribution in [0.25, 0.3) is 11.0 Å². The minimum Gasteiger partial charge on any atom is -0.495 e. The Morgan fingerprint density at radius 1 is 1.11 bits per heavy atom. The van der Waals surface area contributed by atoms with Crippen LogP contribution in [0, 0.1) is 0 Å². The molecule has 7 nitrogen and oxygen atoms in total. The summed E-state index contributed by atoms with van der Waals surface area (Å²) in [6.45, 7) is 0.536. The van der Waals surface area contributed by atoms with Crippen LogP contribution in [0.15, 0.2) is 72.8 Å². The second-order valence-corrected chi connectivity index (χ2v) is 8.99. The van der Waals surface area contributed by atoms with Crippen molar-refractivity contribution in [3.8, 4) is 5.75 Å². The number of nitrogens with zero attached hydrogens (tertiary/aromatic N) is 4. The van der Waals surface area contributed by atoms with Gasteiger partial charge in [-0.05, 0) is 42.5 Å². The molecule has 1 atom stereocenters. The number of imidazole rings is 1. The number of para-hydroxylation sites is 3. The van der Waals surface area contributed by atoms with E-state index in [1.54, 1.807) is 42.2 Å². The first kappa shape index (κ1) is 22.9. The average molecular weight is 489 g/mol. The lowest BCUT2D eigenvalue weighted by molar-refractivity contribution is -0.119. The number of methoxy groups -OCH3 is 1. The number of hydrogen-bond donors (Lipinski definition) is 0. The zero-order valence-electron chi connectivity index (χ0n) is 19.5. The fourth-order valence-electron chi connectivity index (χ4n) is 4.60. The molecule has 2 heterocycles. The van der Waals surface area contributed by atoms with Gasteiger partial charge in [-0.25, -0.2) is 4.98 Å². The second kappa shape index (κ2) is 9.43. The van der Waals surface area contributed by atoms with Crippen LogP contribution in [-0.2, 0) is 16.1 Å². The van der Waals surface area contributed by atoms with Crippen LogP contribution in [0.3, 0.4) is 0 Å². The molecular formula is C27H25ClN4O3. The molecule has 0 bridgehead atoms. The molecule has 2 amide bonds. The molecular weight excluding hydrogens is 464 g/mol. The number of amides is 2. The van der Waals surface area contributed by atoms with Gasteiger partial charge in [-0.2, -0.15) is 0 Å². The number of halogens is 1. The molecule has 0 aliphatic carbocycles. The second-order valence-electron chi connectivity index (χ2n) is 8.55. The lowest BCUT2D eigenvalue weighted by Crippen LogP contribution is -2.31. The first-order chi connectivity index (χ1) is 17.0. The molecule has 1 saturated heterocycles. The van der Waals surface area contributed by atoms with E-state index < -0.39 is 0 Å². The molecule has 178 valence electrons. The van der Waals surface area contributed by atoms with E-state index in [0.29, 0.717) is 23.0 Å². The van der Waals surface area contributed by atoms with E-state index in [0.717, 1.165) is 22.5 Å². The van der Waals surface area contributed by atoms with Crippen molar-refractivity contribution in [1.29, 1.82) is 0 Å². The van der Waals surface area contributed by atoms with Crippen molar-refractivity contribution in [2.75, 3.05) is 30.5 Å². The monoisotopic (exact) mass is 488 g/mol. The van der Waals surface area contributed by atoms with Crippen LogP contribution in [-0.4, -0.2) is 42.1 Å². The van der Waals surface area contributed by atoms with Crippen molar-refractivity contribution in [3.63, 3.8) is 0 Å². The summed E-state index contributed by atoms with van der Waals surface area (Å²) >= 11 is 6.22. The van der Waals surface area contributed by atoms with E-state index in [9.17, 15) is 9.59 Å². The number of carbonyl (C=O) groups is 2. The zero-order chi connectivity index (χ0) is 24.5. The number of rotatable bonds is 6. The summed E-state index contributed by atoms with van der Waals surface area (Å²) in [7, 11) is 3.34. The Hall–Kier alpha value is -3.84. The third-order valence-electron chi connectivity index (χ3n) is 6.42. The summed E-state index contributed by atoms with van der Waals surface area (Å²) in [5, 5.41) is 0.527. The van der Waals surface area contributed by atoms with Crippen molar-refractivity contribution in [2.24, 2.45) is 0 Å². The summed E-state index contributed by atoms with van der Waals surface area (Å²) < 4.78 is 7.41. The van der Waals surface area contributed by atoms with Gasteiger partial charge in [-0.3, -0.25) is 9.59 Å². The quantitative estimate of drug-likeness (QED) is 0.388. The fraction of sp³-hybridized carbons (Fsp3) is 0.222. The topological polar surface area (TPSA) is 67.7 Å². The summed E-state index contributed by atoms with van der Waals surface area (Å²) in [4.78, 5) is 34.5. The van der Waals surface area contributed by atoms with Crippen molar-refractivity contribution in [1.82, 2.24) is 9.55 Å². The molecule has 4 aromatic rings. The van der Waals surface area contributed by atoms with Gasteiger partial charge >= 0.3 is 0 Å². The van der Waals surface area contributed by atoms with Crippen molar-refractivity contribution < 1.29 is 14.3 Å². The van der Waals surface area contributed by atoms with Gasteiger partial charge in [0, 0.05) is 36.6 Å².